The van der Waals surface area contributed by atoms with Crippen LogP contribution in [0.15, 0.2) is 42.0 Å². The van der Waals surface area contributed by atoms with Gasteiger partial charge in [0.05, 0.1) is 19.0 Å². The third-order valence-electron chi connectivity index (χ3n) is 4.45. The lowest BCUT2D eigenvalue weighted by Crippen LogP contribution is -2.29. The van der Waals surface area contributed by atoms with Crippen molar-refractivity contribution in [2.45, 2.75) is 19.3 Å². The Morgan fingerprint density at radius 3 is 2.65 bits per heavy atom. The van der Waals surface area contributed by atoms with E-state index in [1.54, 1.807) is 24.6 Å². The van der Waals surface area contributed by atoms with Crippen molar-refractivity contribution in [1.82, 2.24) is 15.0 Å². The van der Waals surface area contributed by atoms with E-state index in [9.17, 15) is 0 Å². The number of ether oxygens (including phenoxy) is 1. The molecule has 0 atom stereocenters. The third kappa shape index (κ3) is 3.62. The van der Waals surface area contributed by atoms with E-state index in [2.05, 4.69) is 31.2 Å². The Balaban J connectivity index is 1.55. The number of rotatable bonds is 5. The normalized spacial score (nSPS) is 14.3. The topological polar surface area (TPSA) is 63.2 Å². The maximum absolute atomic E-state index is 5.43. The smallest absolute Gasteiger partial charge is 0.175 e. The van der Waals surface area contributed by atoms with Crippen molar-refractivity contribution >= 4 is 28.7 Å². The average molecular weight is 367 g/mol. The second-order valence-electron chi connectivity index (χ2n) is 6.16. The number of methoxy groups -OCH3 is 1. The van der Waals surface area contributed by atoms with Gasteiger partial charge in [0.1, 0.15) is 16.5 Å². The molecule has 0 unspecified atom stereocenters. The predicted molar refractivity (Wildman–Crippen MR) is 105 cm³/mol. The van der Waals surface area contributed by atoms with Gasteiger partial charge >= 0.3 is 0 Å². The minimum atomic E-state index is 0.637. The number of hydrogen-bond acceptors (Lipinski definition) is 7. The summed E-state index contributed by atoms with van der Waals surface area (Å²) in [5, 5.41) is 6.09. The molecular formula is C19H21N5OS. The Kier molecular flexibility index (Phi) is 4.97. The zero-order chi connectivity index (χ0) is 17.8. The summed E-state index contributed by atoms with van der Waals surface area (Å²) in [4.78, 5) is 15.9. The highest BCUT2D eigenvalue weighted by molar-refractivity contribution is 7.13. The summed E-state index contributed by atoms with van der Waals surface area (Å²) < 4.78 is 5.43. The first kappa shape index (κ1) is 16.8. The Hall–Kier alpha value is -2.67. The van der Waals surface area contributed by atoms with Gasteiger partial charge in [-0.3, -0.25) is 0 Å². The van der Waals surface area contributed by atoms with Gasteiger partial charge in [0.25, 0.3) is 0 Å². The van der Waals surface area contributed by atoms with E-state index in [4.69, 9.17) is 4.74 Å². The predicted octanol–water partition coefficient (Wildman–Crippen LogP) is 4.34. The molecule has 0 aliphatic carbocycles. The number of hydrogen-bond donors (Lipinski definition) is 1. The fourth-order valence-electron chi connectivity index (χ4n) is 3.09. The molecule has 0 aromatic carbocycles. The van der Waals surface area contributed by atoms with Gasteiger partial charge in [-0.05, 0) is 43.5 Å². The summed E-state index contributed by atoms with van der Waals surface area (Å²) in [6, 6.07) is 7.91. The van der Waals surface area contributed by atoms with Gasteiger partial charge in [-0.15, -0.1) is 11.3 Å². The van der Waals surface area contributed by atoms with E-state index in [-0.39, 0.29) is 0 Å². The Labute approximate surface area is 156 Å². The molecule has 7 heteroatoms. The van der Waals surface area contributed by atoms with Crippen LogP contribution in [0.4, 0.5) is 17.3 Å². The van der Waals surface area contributed by atoms with Crippen molar-refractivity contribution in [2.24, 2.45) is 0 Å². The van der Waals surface area contributed by atoms with E-state index in [0.29, 0.717) is 11.6 Å². The highest BCUT2D eigenvalue weighted by Gasteiger charge is 2.13. The van der Waals surface area contributed by atoms with Gasteiger partial charge < -0.3 is 15.0 Å². The van der Waals surface area contributed by atoms with Gasteiger partial charge in [0.15, 0.2) is 11.6 Å². The van der Waals surface area contributed by atoms with Crippen molar-refractivity contribution in [1.29, 1.82) is 0 Å². The molecule has 134 valence electrons. The molecule has 0 spiro atoms. The summed E-state index contributed by atoms with van der Waals surface area (Å²) in [5.74, 6) is 2.05. The minimum Gasteiger partial charge on any atom is -0.493 e. The number of anilines is 3. The van der Waals surface area contributed by atoms with Crippen LogP contribution in [0.5, 0.6) is 5.75 Å². The van der Waals surface area contributed by atoms with E-state index in [1.165, 1.54) is 24.9 Å². The number of aromatic nitrogens is 3. The highest BCUT2D eigenvalue weighted by Crippen LogP contribution is 2.30. The zero-order valence-electron chi connectivity index (χ0n) is 14.7. The fraction of sp³-hybridized carbons (Fsp3) is 0.316. The number of nitrogens with zero attached hydrogens (tertiary/aromatic N) is 4. The monoisotopic (exact) mass is 367 g/mol. The molecule has 0 amide bonds. The van der Waals surface area contributed by atoms with E-state index in [1.807, 2.05) is 29.8 Å². The molecule has 0 saturated carbocycles. The molecule has 1 aliphatic heterocycles. The van der Waals surface area contributed by atoms with Crippen molar-refractivity contribution in [2.75, 3.05) is 30.4 Å². The standard InChI is InChI=1S/C19H21N5OS/c1-25-16-7-6-15(19-20-9-12-26-19)22-18(16)23-17-8-5-14(13-21-17)24-10-3-2-4-11-24/h5-9,12-13H,2-4,10-11H2,1H3,(H,21,22,23). The lowest BCUT2D eigenvalue weighted by molar-refractivity contribution is 0.415. The Morgan fingerprint density at radius 2 is 1.96 bits per heavy atom. The molecular weight excluding hydrogens is 346 g/mol. The van der Waals surface area contributed by atoms with Gasteiger partial charge in [0, 0.05) is 24.7 Å². The first-order valence-electron chi connectivity index (χ1n) is 8.76. The molecule has 26 heavy (non-hydrogen) atoms. The molecule has 0 bridgehead atoms. The molecule has 3 aromatic heterocycles. The fourth-order valence-corrected chi connectivity index (χ4v) is 3.70. The molecule has 3 aromatic rings. The van der Waals surface area contributed by atoms with Crippen molar-refractivity contribution in [3.05, 3.63) is 42.0 Å². The molecule has 1 N–H and O–H groups in total. The van der Waals surface area contributed by atoms with Crippen LogP contribution in [0.2, 0.25) is 0 Å². The SMILES string of the molecule is COc1ccc(-c2nccs2)nc1Nc1ccc(N2CCCCC2)cn1. The summed E-state index contributed by atoms with van der Waals surface area (Å²) in [5.41, 5.74) is 1.99. The van der Waals surface area contributed by atoms with Crippen LogP contribution in [0, 0.1) is 0 Å². The Morgan fingerprint density at radius 1 is 1.08 bits per heavy atom. The van der Waals surface area contributed by atoms with E-state index in [0.717, 1.165) is 29.6 Å². The zero-order valence-corrected chi connectivity index (χ0v) is 15.5. The number of piperidine rings is 1. The van der Waals surface area contributed by atoms with Gasteiger partial charge in [-0.25, -0.2) is 15.0 Å². The number of nitrogens with one attached hydrogen (secondary N) is 1. The number of pyridine rings is 2. The van der Waals surface area contributed by atoms with Crippen LogP contribution in [-0.2, 0) is 0 Å². The molecule has 6 nitrogen and oxygen atoms in total. The van der Waals surface area contributed by atoms with E-state index < -0.39 is 0 Å². The molecule has 4 rings (SSSR count). The van der Waals surface area contributed by atoms with Crippen molar-refractivity contribution < 1.29 is 4.74 Å². The first-order chi connectivity index (χ1) is 12.8. The van der Waals surface area contributed by atoms with Crippen LogP contribution in [0.3, 0.4) is 0 Å². The van der Waals surface area contributed by atoms with Gasteiger partial charge in [-0.1, -0.05) is 0 Å². The van der Waals surface area contributed by atoms with Crippen LogP contribution in [0.25, 0.3) is 10.7 Å². The maximum atomic E-state index is 5.43. The highest BCUT2D eigenvalue weighted by atomic mass is 32.1. The quantitative estimate of drug-likeness (QED) is 0.724. The van der Waals surface area contributed by atoms with Crippen LogP contribution < -0.4 is 15.0 Å². The van der Waals surface area contributed by atoms with Crippen LogP contribution in [0.1, 0.15) is 19.3 Å². The van der Waals surface area contributed by atoms with Gasteiger partial charge in [-0.2, -0.15) is 0 Å². The average Bonchev–Trinajstić information content (AvgIpc) is 3.24. The van der Waals surface area contributed by atoms with E-state index >= 15 is 0 Å². The second-order valence-corrected chi connectivity index (χ2v) is 7.05. The lowest BCUT2D eigenvalue weighted by Gasteiger charge is -2.28. The molecule has 1 fully saturated rings. The van der Waals surface area contributed by atoms with Crippen molar-refractivity contribution in [3.63, 3.8) is 0 Å². The lowest BCUT2D eigenvalue weighted by atomic mass is 10.1. The number of thiazole rings is 1. The van der Waals surface area contributed by atoms with Crippen LogP contribution in [-0.4, -0.2) is 35.2 Å². The second kappa shape index (κ2) is 7.70. The molecule has 1 aliphatic rings. The maximum Gasteiger partial charge on any atom is 0.175 e. The third-order valence-corrected chi connectivity index (χ3v) is 5.24. The van der Waals surface area contributed by atoms with Crippen LogP contribution >= 0.6 is 11.3 Å². The summed E-state index contributed by atoms with van der Waals surface area (Å²) in [6.45, 7) is 2.22. The molecule has 0 radical (unpaired) electrons. The molecule has 1 saturated heterocycles. The largest absolute Gasteiger partial charge is 0.493 e. The van der Waals surface area contributed by atoms with Gasteiger partial charge in [0.2, 0.25) is 0 Å². The summed E-state index contributed by atoms with van der Waals surface area (Å²) in [7, 11) is 1.64. The first-order valence-corrected chi connectivity index (χ1v) is 9.64. The van der Waals surface area contributed by atoms with Crippen molar-refractivity contribution in [3.8, 4) is 16.5 Å². The summed E-state index contributed by atoms with van der Waals surface area (Å²) in [6.07, 6.45) is 7.53. The molecule has 4 heterocycles. The summed E-state index contributed by atoms with van der Waals surface area (Å²) >= 11 is 1.56. The minimum absolute atomic E-state index is 0.637. The Bertz CT molecular complexity index is 845.